The molecule has 1 aliphatic heterocycles. The van der Waals surface area contributed by atoms with E-state index in [9.17, 15) is 13.2 Å². The smallest absolute Gasteiger partial charge is 0.419 e. The number of hydrogen-bond donors (Lipinski definition) is 0. The molecule has 5 heteroatoms. The Balaban J connectivity index is 2.41. The number of halogens is 3. The Morgan fingerprint density at radius 2 is 1.89 bits per heavy atom. The molecule has 2 nitrogen and oxygen atoms in total. The largest absolute Gasteiger partial charge is 0.492 e. The van der Waals surface area contributed by atoms with Crippen LogP contribution in [0.4, 0.5) is 13.2 Å². The topological polar surface area (TPSA) is 18.5 Å². The fraction of sp³-hybridized carbons (Fsp3) is 0.571. The van der Waals surface area contributed by atoms with Gasteiger partial charge in [0.15, 0.2) is 0 Å². The third-order valence-corrected chi connectivity index (χ3v) is 2.82. The summed E-state index contributed by atoms with van der Waals surface area (Å²) in [5.41, 5.74) is -0.656. The van der Waals surface area contributed by atoms with Crippen molar-refractivity contribution in [3.63, 3.8) is 0 Å². The van der Waals surface area contributed by atoms with Crippen molar-refractivity contribution in [2.24, 2.45) is 0 Å². The summed E-state index contributed by atoms with van der Waals surface area (Å²) in [6.45, 7) is 5.89. The first-order chi connectivity index (χ1) is 8.68. The van der Waals surface area contributed by atoms with E-state index in [2.05, 4.69) is 0 Å². The summed E-state index contributed by atoms with van der Waals surface area (Å²) in [5.74, 6) is -0.0875. The molecular formula is C14H17F3O2. The molecule has 0 aromatic heterocycles. The van der Waals surface area contributed by atoms with E-state index in [0.717, 1.165) is 6.07 Å². The summed E-state index contributed by atoms with van der Waals surface area (Å²) in [7, 11) is 0. The van der Waals surface area contributed by atoms with Crippen LogP contribution in [0.5, 0.6) is 5.75 Å². The van der Waals surface area contributed by atoms with E-state index in [1.165, 1.54) is 6.07 Å². The summed E-state index contributed by atoms with van der Waals surface area (Å²) in [4.78, 5) is 0. The zero-order valence-electron chi connectivity index (χ0n) is 11.2. The lowest BCUT2D eigenvalue weighted by Crippen LogP contribution is -2.27. The van der Waals surface area contributed by atoms with Gasteiger partial charge in [0.2, 0.25) is 0 Å². The van der Waals surface area contributed by atoms with E-state index >= 15 is 0 Å². The average Bonchev–Trinajstić information content (AvgIpc) is 2.25. The predicted octanol–water partition coefficient (Wildman–Crippen LogP) is 4.34. The average molecular weight is 274 g/mol. The van der Waals surface area contributed by atoms with Crippen molar-refractivity contribution in [2.75, 3.05) is 6.61 Å². The Kier molecular flexibility index (Phi) is 3.51. The molecule has 0 radical (unpaired) electrons. The van der Waals surface area contributed by atoms with Crippen molar-refractivity contribution in [3.8, 4) is 5.75 Å². The van der Waals surface area contributed by atoms with Gasteiger partial charge in [-0.1, -0.05) is 12.1 Å². The minimum Gasteiger partial charge on any atom is -0.492 e. The highest BCUT2D eigenvalue weighted by atomic mass is 19.4. The van der Waals surface area contributed by atoms with Gasteiger partial charge in [-0.25, -0.2) is 0 Å². The van der Waals surface area contributed by atoms with Crippen LogP contribution in [-0.2, 0) is 10.9 Å². The zero-order chi connectivity index (χ0) is 14.3. The molecule has 1 unspecified atom stereocenters. The third-order valence-electron chi connectivity index (χ3n) is 2.82. The van der Waals surface area contributed by atoms with Gasteiger partial charge in [0.25, 0.3) is 0 Å². The molecule has 0 saturated heterocycles. The second-order valence-corrected chi connectivity index (χ2v) is 5.58. The van der Waals surface area contributed by atoms with Crippen molar-refractivity contribution in [1.82, 2.24) is 0 Å². The maximum Gasteiger partial charge on any atom is 0.419 e. The Labute approximate surface area is 110 Å². The summed E-state index contributed by atoms with van der Waals surface area (Å²) in [5, 5.41) is 0. The molecule has 0 saturated carbocycles. The maximum atomic E-state index is 12.9. The molecule has 0 spiro atoms. The Hall–Kier alpha value is -1.23. The lowest BCUT2D eigenvalue weighted by atomic mass is 9.98. The molecule has 0 N–H and O–H groups in total. The number of ether oxygens (including phenoxy) is 2. The SMILES string of the molecule is CC(C)(C)OC1CCOc2c1cccc2C(F)(F)F. The van der Waals surface area contributed by atoms with Crippen molar-refractivity contribution in [3.05, 3.63) is 29.3 Å². The first-order valence-electron chi connectivity index (χ1n) is 6.19. The van der Waals surface area contributed by atoms with E-state index in [4.69, 9.17) is 9.47 Å². The molecule has 0 aliphatic carbocycles. The molecule has 19 heavy (non-hydrogen) atoms. The van der Waals surface area contributed by atoms with E-state index < -0.39 is 17.3 Å². The molecule has 1 aromatic carbocycles. The van der Waals surface area contributed by atoms with Crippen molar-refractivity contribution >= 4 is 0 Å². The molecule has 0 fully saturated rings. The lowest BCUT2D eigenvalue weighted by Gasteiger charge is -2.33. The van der Waals surface area contributed by atoms with Crippen molar-refractivity contribution < 1.29 is 22.6 Å². The van der Waals surface area contributed by atoms with Gasteiger partial charge >= 0.3 is 6.18 Å². The van der Waals surface area contributed by atoms with Gasteiger partial charge < -0.3 is 9.47 Å². The highest BCUT2D eigenvalue weighted by Gasteiger charge is 2.38. The van der Waals surface area contributed by atoms with Gasteiger partial charge in [0, 0.05) is 12.0 Å². The quantitative estimate of drug-likeness (QED) is 0.758. The van der Waals surface area contributed by atoms with E-state index in [0.29, 0.717) is 12.0 Å². The van der Waals surface area contributed by atoms with Gasteiger partial charge in [0.05, 0.1) is 23.9 Å². The molecule has 1 aromatic rings. The molecule has 2 rings (SSSR count). The van der Waals surface area contributed by atoms with Crippen LogP contribution in [0, 0.1) is 0 Å². The number of fused-ring (bicyclic) bond motifs is 1. The first kappa shape index (κ1) is 14.2. The van der Waals surface area contributed by atoms with Crippen LogP contribution in [0.3, 0.4) is 0 Å². The first-order valence-corrected chi connectivity index (χ1v) is 6.19. The minimum atomic E-state index is -4.41. The van der Waals surface area contributed by atoms with Gasteiger partial charge in [-0.05, 0) is 26.8 Å². The monoisotopic (exact) mass is 274 g/mol. The standard InChI is InChI=1S/C14H17F3O2/c1-13(2,3)19-11-7-8-18-12-9(11)5-4-6-10(12)14(15,16)17/h4-6,11H,7-8H2,1-3H3. The molecule has 1 atom stereocenters. The molecular weight excluding hydrogens is 257 g/mol. The fourth-order valence-electron chi connectivity index (χ4n) is 2.17. The molecule has 0 bridgehead atoms. The number of alkyl halides is 3. The number of benzene rings is 1. The Bertz CT molecular complexity index is 461. The highest BCUT2D eigenvalue weighted by Crippen LogP contribution is 2.44. The van der Waals surface area contributed by atoms with Crippen LogP contribution in [0.25, 0.3) is 0 Å². The number of rotatable bonds is 1. The third kappa shape index (κ3) is 3.21. The summed E-state index contributed by atoms with van der Waals surface area (Å²) >= 11 is 0. The van der Waals surface area contributed by atoms with Crippen LogP contribution in [0.2, 0.25) is 0 Å². The molecule has 106 valence electrons. The molecule has 0 amide bonds. The number of para-hydroxylation sites is 1. The Morgan fingerprint density at radius 3 is 2.47 bits per heavy atom. The zero-order valence-corrected chi connectivity index (χ0v) is 11.2. The summed E-state index contributed by atoms with van der Waals surface area (Å²) in [6.07, 6.45) is -4.20. The Morgan fingerprint density at radius 1 is 1.21 bits per heavy atom. The molecule has 1 aliphatic rings. The van der Waals surface area contributed by atoms with Crippen LogP contribution >= 0.6 is 0 Å². The van der Waals surface area contributed by atoms with Crippen LogP contribution in [0.15, 0.2) is 18.2 Å². The van der Waals surface area contributed by atoms with Crippen LogP contribution < -0.4 is 4.74 Å². The fourth-order valence-corrected chi connectivity index (χ4v) is 2.17. The normalized spacial score (nSPS) is 19.8. The van der Waals surface area contributed by atoms with Crippen molar-refractivity contribution in [2.45, 2.75) is 45.1 Å². The van der Waals surface area contributed by atoms with E-state index in [-0.39, 0.29) is 18.5 Å². The predicted molar refractivity (Wildman–Crippen MR) is 65.1 cm³/mol. The summed E-state index contributed by atoms with van der Waals surface area (Å²) in [6, 6.07) is 4.08. The minimum absolute atomic E-state index is 0.0875. The number of hydrogen-bond acceptors (Lipinski definition) is 2. The lowest BCUT2D eigenvalue weighted by molar-refractivity contribution is -0.140. The van der Waals surface area contributed by atoms with Gasteiger partial charge in [-0.2, -0.15) is 13.2 Å². The maximum absolute atomic E-state index is 12.9. The van der Waals surface area contributed by atoms with Crippen LogP contribution in [-0.4, -0.2) is 12.2 Å². The second kappa shape index (κ2) is 4.71. The second-order valence-electron chi connectivity index (χ2n) is 5.58. The van der Waals surface area contributed by atoms with Gasteiger partial charge in [-0.3, -0.25) is 0 Å². The van der Waals surface area contributed by atoms with E-state index in [1.54, 1.807) is 6.07 Å². The van der Waals surface area contributed by atoms with Crippen molar-refractivity contribution in [1.29, 1.82) is 0 Å². The van der Waals surface area contributed by atoms with Crippen LogP contribution in [0.1, 0.15) is 44.4 Å². The highest BCUT2D eigenvalue weighted by molar-refractivity contribution is 5.45. The van der Waals surface area contributed by atoms with E-state index in [1.807, 2.05) is 20.8 Å². The molecule has 1 heterocycles. The van der Waals surface area contributed by atoms with Gasteiger partial charge in [0.1, 0.15) is 5.75 Å². The summed E-state index contributed by atoms with van der Waals surface area (Å²) < 4.78 is 49.8. The van der Waals surface area contributed by atoms with Gasteiger partial charge in [-0.15, -0.1) is 0 Å².